The molecule has 146 valence electrons. The molecule has 0 fully saturated rings. The van der Waals surface area contributed by atoms with Crippen LogP contribution in [0.2, 0.25) is 0 Å². The van der Waals surface area contributed by atoms with Gasteiger partial charge in [0.1, 0.15) is 4.83 Å². The van der Waals surface area contributed by atoms with Gasteiger partial charge in [0.25, 0.3) is 5.56 Å². The fourth-order valence-corrected chi connectivity index (χ4v) is 5.29. The van der Waals surface area contributed by atoms with E-state index < -0.39 is 0 Å². The van der Waals surface area contributed by atoms with Gasteiger partial charge in [-0.2, -0.15) is 0 Å². The molecule has 3 heterocycles. The SMILES string of the molecule is O=c1c2c3c(sc2ncn1Cc1ccccc1)CC(NCc1cccnc1)CC3. The van der Waals surface area contributed by atoms with Crippen molar-refractivity contribution in [3.8, 4) is 0 Å². The number of aryl methyl sites for hydroxylation is 1. The molecule has 0 saturated heterocycles. The molecule has 0 saturated carbocycles. The monoisotopic (exact) mass is 402 g/mol. The zero-order chi connectivity index (χ0) is 19.6. The van der Waals surface area contributed by atoms with E-state index in [-0.39, 0.29) is 5.56 Å². The van der Waals surface area contributed by atoms with Gasteiger partial charge in [-0.25, -0.2) is 4.98 Å². The van der Waals surface area contributed by atoms with Gasteiger partial charge >= 0.3 is 0 Å². The first-order valence-corrected chi connectivity index (χ1v) is 10.8. The highest BCUT2D eigenvalue weighted by Gasteiger charge is 2.25. The number of rotatable bonds is 5. The summed E-state index contributed by atoms with van der Waals surface area (Å²) in [5.41, 5.74) is 3.60. The van der Waals surface area contributed by atoms with Crippen molar-refractivity contribution in [3.05, 3.63) is 93.1 Å². The quantitative estimate of drug-likeness (QED) is 0.555. The third-order valence-electron chi connectivity index (χ3n) is 5.55. The van der Waals surface area contributed by atoms with E-state index in [4.69, 9.17) is 0 Å². The van der Waals surface area contributed by atoms with Crippen LogP contribution in [0.25, 0.3) is 10.2 Å². The highest BCUT2D eigenvalue weighted by molar-refractivity contribution is 7.18. The predicted molar refractivity (Wildman–Crippen MR) is 116 cm³/mol. The van der Waals surface area contributed by atoms with Crippen molar-refractivity contribution in [2.75, 3.05) is 0 Å². The fraction of sp³-hybridized carbons (Fsp3) is 0.261. The second-order valence-corrected chi connectivity index (χ2v) is 8.61. The van der Waals surface area contributed by atoms with Crippen LogP contribution in [-0.2, 0) is 25.9 Å². The van der Waals surface area contributed by atoms with Crippen LogP contribution in [-0.4, -0.2) is 20.6 Å². The number of aromatic nitrogens is 3. The molecule has 3 aromatic heterocycles. The molecular weight excluding hydrogens is 380 g/mol. The van der Waals surface area contributed by atoms with Crippen molar-refractivity contribution in [2.24, 2.45) is 0 Å². The second-order valence-electron chi connectivity index (χ2n) is 7.53. The van der Waals surface area contributed by atoms with Gasteiger partial charge in [0.2, 0.25) is 0 Å². The summed E-state index contributed by atoms with van der Waals surface area (Å²) < 4.78 is 1.73. The first-order chi connectivity index (χ1) is 14.3. The maximum absolute atomic E-state index is 13.2. The van der Waals surface area contributed by atoms with Crippen LogP contribution in [0.3, 0.4) is 0 Å². The lowest BCUT2D eigenvalue weighted by molar-refractivity contribution is 0.462. The molecule has 1 aromatic carbocycles. The number of nitrogens with zero attached hydrogens (tertiary/aromatic N) is 3. The van der Waals surface area contributed by atoms with Crippen LogP contribution in [0.5, 0.6) is 0 Å². The van der Waals surface area contributed by atoms with Crippen molar-refractivity contribution in [1.29, 1.82) is 0 Å². The Morgan fingerprint density at radius 1 is 1.14 bits per heavy atom. The Morgan fingerprint density at radius 2 is 2.00 bits per heavy atom. The Balaban J connectivity index is 1.38. The van der Waals surface area contributed by atoms with E-state index >= 15 is 0 Å². The second kappa shape index (κ2) is 7.89. The highest BCUT2D eigenvalue weighted by atomic mass is 32.1. The smallest absolute Gasteiger partial charge is 0.262 e. The van der Waals surface area contributed by atoms with Gasteiger partial charge in [-0.15, -0.1) is 11.3 Å². The number of thiophene rings is 1. The molecule has 5 rings (SSSR count). The summed E-state index contributed by atoms with van der Waals surface area (Å²) in [5, 5.41) is 4.47. The van der Waals surface area contributed by atoms with Crippen LogP contribution in [0.15, 0.2) is 66.0 Å². The van der Waals surface area contributed by atoms with Crippen LogP contribution in [0.1, 0.15) is 28.0 Å². The molecule has 0 bridgehead atoms. The van der Waals surface area contributed by atoms with E-state index in [1.807, 2.05) is 42.6 Å². The molecule has 1 aliphatic rings. The lowest BCUT2D eigenvalue weighted by Crippen LogP contribution is -2.33. The average molecular weight is 403 g/mol. The molecule has 1 atom stereocenters. The molecule has 0 amide bonds. The molecule has 0 spiro atoms. The Bertz CT molecular complexity index is 1180. The average Bonchev–Trinajstić information content (AvgIpc) is 3.14. The molecule has 0 radical (unpaired) electrons. The Morgan fingerprint density at radius 3 is 2.83 bits per heavy atom. The maximum atomic E-state index is 13.2. The highest BCUT2D eigenvalue weighted by Crippen LogP contribution is 2.33. The third-order valence-corrected chi connectivity index (χ3v) is 6.71. The number of fused-ring (bicyclic) bond motifs is 3. The summed E-state index contributed by atoms with van der Waals surface area (Å²) in [6.45, 7) is 1.38. The van der Waals surface area contributed by atoms with E-state index in [9.17, 15) is 4.79 Å². The van der Waals surface area contributed by atoms with Gasteiger partial charge in [0.05, 0.1) is 18.3 Å². The summed E-state index contributed by atoms with van der Waals surface area (Å²) in [7, 11) is 0. The van der Waals surface area contributed by atoms with E-state index in [2.05, 4.69) is 21.4 Å². The molecule has 1 N–H and O–H groups in total. The van der Waals surface area contributed by atoms with Gasteiger partial charge in [-0.3, -0.25) is 14.3 Å². The number of pyridine rings is 1. The Labute approximate surface area is 173 Å². The zero-order valence-corrected chi connectivity index (χ0v) is 16.9. The topological polar surface area (TPSA) is 59.8 Å². The Kier molecular flexibility index (Phi) is 4.96. The third kappa shape index (κ3) is 3.73. The maximum Gasteiger partial charge on any atom is 0.262 e. The number of nitrogens with one attached hydrogen (secondary N) is 1. The largest absolute Gasteiger partial charge is 0.309 e. The zero-order valence-electron chi connectivity index (χ0n) is 16.0. The first kappa shape index (κ1) is 18.2. The van der Waals surface area contributed by atoms with Gasteiger partial charge in [-0.1, -0.05) is 36.4 Å². The van der Waals surface area contributed by atoms with Crippen LogP contribution < -0.4 is 10.9 Å². The molecule has 1 aliphatic carbocycles. The van der Waals surface area contributed by atoms with Crippen LogP contribution >= 0.6 is 11.3 Å². The number of hydrogen-bond donors (Lipinski definition) is 1. The molecule has 0 aliphatic heterocycles. The molecular formula is C23H22N4OS. The van der Waals surface area contributed by atoms with Gasteiger partial charge in [-0.05, 0) is 42.0 Å². The van der Waals surface area contributed by atoms with E-state index in [1.165, 1.54) is 16.0 Å². The van der Waals surface area contributed by atoms with E-state index in [0.29, 0.717) is 12.6 Å². The Hall–Kier alpha value is -2.83. The van der Waals surface area contributed by atoms with E-state index in [1.54, 1.807) is 28.4 Å². The minimum absolute atomic E-state index is 0.0816. The molecule has 4 aromatic rings. The van der Waals surface area contributed by atoms with Crippen molar-refractivity contribution in [2.45, 2.75) is 38.4 Å². The van der Waals surface area contributed by atoms with Gasteiger partial charge in [0.15, 0.2) is 0 Å². The minimum Gasteiger partial charge on any atom is -0.309 e. The fourth-order valence-electron chi connectivity index (χ4n) is 4.03. The summed E-state index contributed by atoms with van der Waals surface area (Å²) in [5.74, 6) is 0. The lowest BCUT2D eigenvalue weighted by Gasteiger charge is -2.23. The summed E-state index contributed by atoms with van der Waals surface area (Å²) >= 11 is 1.68. The number of benzene rings is 1. The molecule has 1 unspecified atom stereocenters. The summed E-state index contributed by atoms with van der Waals surface area (Å²) in [6, 6.07) is 14.5. The van der Waals surface area contributed by atoms with Crippen LogP contribution in [0, 0.1) is 0 Å². The van der Waals surface area contributed by atoms with Gasteiger partial charge in [0, 0.05) is 29.9 Å². The minimum atomic E-state index is 0.0816. The van der Waals surface area contributed by atoms with Crippen molar-refractivity contribution < 1.29 is 0 Å². The van der Waals surface area contributed by atoms with Crippen molar-refractivity contribution in [1.82, 2.24) is 19.9 Å². The normalized spacial score (nSPS) is 16.1. The molecule has 6 heteroatoms. The summed E-state index contributed by atoms with van der Waals surface area (Å²) in [4.78, 5) is 24.1. The van der Waals surface area contributed by atoms with E-state index in [0.717, 1.165) is 41.6 Å². The lowest BCUT2D eigenvalue weighted by atomic mass is 9.93. The van der Waals surface area contributed by atoms with Crippen molar-refractivity contribution >= 4 is 21.6 Å². The first-order valence-electron chi connectivity index (χ1n) is 9.94. The number of hydrogen-bond acceptors (Lipinski definition) is 5. The standard InChI is InChI=1S/C23H22N4OS/c28-23-21-19-9-8-18(25-13-17-7-4-10-24-12-17)11-20(19)29-22(21)26-15-27(23)14-16-5-2-1-3-6-16/h1-7,10,12,15,18,25H,8-9,11,13-14H2. The predicted octanol–water partition coefficient (Wildman–Crippen LogP) is 3.55. The summed E-state index contributed by atoms with van der Waals surface area (Å²) in [6.07, 6.45) is 8.30. The molecule has 29 heavy (non-hydrogen) atoms. The van der Waals surface area contributed by atoms with Gasteiger partial charge < -0.3 is 5.32 Å². The van der Waals surface area contributed by atoms with Crippen molar-refractivity contribution in [3.63, 3.8) is 0 Å². The molecule has 5 nitrogen and oxygen atoms in total. The van der Waals surface area contributed by atoms with Crippen LogP contribution in [0.4, 0.5) is 0 Å².